The molecule has 1 aromatic carbocycles. The van der Waals surface area contributed by atoms with Crippen LogP contribution in [0.2, 0.25) is 0 Å². The summed E-state index contributed by atoms with van der Waals surface area (Å²) < 4.78 is 0. The van der Waals surface area contributed by atoms with Gasteiger partial charge in [0.25, 0.3) is 0 Å². The third-order valence-corrected chi connectivity index (χ3v) is 4.78. The Morgan fingerprint density at radius 3 is 2.96 bits per heavy atom. The molecule has 3 rings (SSSR count). The molecule has 1 aliphatic rings. The van der Waals surface area contributed by atoms with Crippen LogP contribution in [-0.4, -0.2) is 59.7 Å². The fourth-order valence-corrected chi connectivity index (χ4v) is 3.27. The second kappa shape index (κ2) is 8.14. The summed E-state index contributed by atoms with van der Waals surface area (Å²) >= 11 is 0. The molecule has 0 unspecified atom stereocenters. The summed E-state index contributed by atoms with van der Waals surface area (Å²) in [7, 11) is 1.57. The van der Waals surface area contributed by atoms with E-state index in [2.05, 4.69) is 21.7 Å². The van der Waals surface area contributed by atoms with E-state index in [9.17, 15) is 14.7 Å². The number of carbonyl (C=O) groups is 2. The lowest BCUT2D eigenvalue weighted by Crippen LogP contribution is -2.39. The monoisotopic (exact) mass is 356 g/mol. The molecule has 2 heterocycles. The lowest BCUT2D eigenvalue weighted by Gasteiger charge is -2.17. The maximum Gasteiger partial charge on any atom is 0.317 e. The van der Waals surface area contributed by atoms with Gasteiger partial charge in [0, 0.05) is 50.6 Å². The van der Waals surface area contributed by atoms with Crippen LogP contribution in [0.3, 0.4) is 0 Å². The Bertz CT molecular complexity index is 795. The summed E-state index contributed by atoms with van der Waals surface area (Å²) in [5, 5.41) is 16.6. The summed E-state index contributed by atoms with van der Waals surface area (Å²) in [6.45, 7) is 1.16. The molecule has 0 aliphatic carbocycles. The minimum absolute atomic E-state index is 0.123. The molecule has 7 heteroatoms. The molecule has 0 saturated carbocycles. The maximum absolute atomic E-state index is 12.3. The van der Waals surface area contributed by atoms with Crippen molar-refractivity contribution in [3.63, 3.8) is 0 Å². The molecule has 26 heavy (non-hydrogen) atoms. The van der Waals surface area contributed by atoms with Gasteiger partial charge in [-0.2, -0.15) is 0 Å². The summed E-state index contributed by atoms with van der Waals surface area (Å²) in [5.41, 5.74) is 2.08. The fraction of sp³-hybridized carbons (Fsp3) is 0.421. The van der Waals surface area contributed by atoms with Gasteiger partial charge in [-0.1, -0.05) is 12.1 Å². The average Bonchev–Trinajstić information content (AvgIpc) is 3.02. The molecule has 0 spiro atoms. The Balaban J connectivity index is 1.48. The van der Waals surface area contributed by atoms with Crippen molar-refractivity contribution in [2.45, 2.75) is 18.9 Å². The summed E-state index contributed by atoms with van der Waals surface area (Å²) in [4.78, 5) is 29.6. The Labute approximate surface area is 152 Å². The molecule has 3 N–H and O–H groups in total. The molecular weight excluding hydrogens is 332 g/mol. The smallest absolute Gasteiger partial charge is 0.317 e. The van der Waals surface area contributed by atoms with Crippen molar-refractivity contribution in [2.24, 2.45) is 5.92 Å². The van der Waals surface area contributed by atoms with Crippen molar-refractivity contribution in [1.29, 1.82) is 0 Å². The van der Waals surface area contributed by atoms with Gasteiger partial charge in [-0.05, 0) is 30.2 Å². The molecule has 2 aromatic rings. The van der Waals surface area contributed by atoms with E-state index in [4.69, 9.17) is 0 Å². The van der Waals surface area contributed by atoms with Crippen molar-refractivity contribution in [2.75, 3.05) is 26.7 Å². The van der Waals surface area contributed by atoms with Gasteiger partial charge in [-0.25, -0.2) is 4.79 Å². The van der Waals surface area contributed by atoms with Gasteiger partial charge in [0.1, 0.15) is 0 Å². The van der Waals surface area contributed by atoms with Crippen molar-refractivity contribution < 1.29 is 14.7 Å². The number of nitrogens with zero attached hydrogens (tertiary/aromatic N) is 2. The highest BCUT2D eigenvalue weighted by molar-refractivity contribution is 5.79. The SMILES string of the molecule is CNC(=O)C[C@@H]1CN(C(=O)NCCc2ccc3ncccc3c2)C[C@H]1O. The van der Waals surface area contributed by atoms with Crippen molar-refractivity contribution >= 4 is 22.8 Å². The molecule has 7 nitrogen and oxygen atoms in total. The van der Waals surface area contributed by atoms with Crippen LogP contribution in [0.25, 0.3) is 10.9 Å². The number of aliphatic hydroxyl groups excluding tert-OH is 1. The number of hydrogen-bond donors (Lipinski definition) is 3. The first-order chi connectivity index (χ1) is 12.6. The molecule has 2 atom stereocenters. The van der Waals surface area contributed by atoms with Crippen LogP contribution in [0, 0.1) is 5.92 Å². The molecule has 1 saturated heterocycles. The number of benzene rings is 1. The minimum Gasteiger partial charge on any atom is -0.391 e. The molecule has 1 aliphatic heterocycles. The lowest BCUT2D eigenvalue weighted by atomic mass is 10.0. The predicted octanol–water partition coefficient (Wildman–Crippen LogP) is 0.916. The number of aromatic nitrogens is 1. The number of rotatable bonds is 5. The van der Waals surface area contributed by atoms with Crippen LogP contribution in [0.1, 0.15) is 12.0 Å². The molecular formula is C19H24N4O3. The van der Waals surface area contributed by atoms with Crippen LogP contribution in [0.5, 0.6) is 0 Å². The van der Waals surface area contributed by atoms with Crippen molar-refractivity contribution in [1.82, 2.24) is 20.5 Å². The normalized spacial score (nSPS) is 19.5. The van der Waals surface area contributed by atoms with Gasteiger partial charge in [-0.3, -0.25) is 9.78 Å². The molecule has 0 bridgehead atoms. The summed E-state index contributed by atoms with van der Waals surface area (Å²) in [5.74, 6) is -0.337. The number of carbonyl (C=O) groups excluding carboxylic acids is 2. The molecule has 0 radical (unpaired) electrons. The Morgan fingerprint density at radius 1 is 1.31 bits per heavy atom. The molecule has 1 aromatic heterocycles. The highest BCUT2D eigenvalue weighted by Gasteiger charge is 2.34. The predicted molar refractivity (Wildman–Crippen MR) is 98.6 cm³/mol. The van der Waals surface area contributed by atoms with E-state index in [1.807, 2.05) is 24.3 Å². The van der Waals surface area contributed by atoms with Gasteiger partial charge >= 0.3 is 6.03 Å². The first kappa shape index (κ1) is 18.1. The highest BCUT2D eigenvalue weighted by atomic mass is 16.3. The van der Waals surface area contributed by atoms with Crippen LogP contribution in [-0.2, 0) is 11.2 Å². The first-order valence-corrected chi connectivity index (χ1v) is 8.82. The van der Waals surface area contributed by atoms with Gasteiger partial charge in [0.05, 0.1) is 11.6 Å². The van der Waals surface area contributed by atoms with E-state index >= 15 is 0 Å². The Kier molecular flexibility index (Phi) is 5.68. The van der Waals surface area contributed by atoms with Crippen LogP contribution < -0.4 is 10.6 Å². The maximum atomic E-state index is 12.3. The second-order valence-electron chi connectivity index (χ2n) is 6.62. The highest BCUT2D eigenvalue weighted by Crippen LogP contribution is 2.20. The number of fused-ring (bicyclic) bond motifs is 1. The zero-order valence-corrected chi connectivity index (χ0v) is 14.8. The van der Waals surface area contributed by atoms with Gasteiger partial charge < -0.3 is 20.6 Å². The topological polar surface area (TPSA) is 94.6 Å². The van der Waals surface area contributed by atoms with Gasteiger partial charge in [0.2, 0.25) is 5.91 Å². The number of pyridine rings is 1. The molecule has 1 fully saturated rings. The number of nitrogens with one attached hydrogen (secondary N) is 2. The van der Waals surface area contributed by atoms with Crippen LogP contribution in [0.4, 0.5) is 4.79 Å². The van der Waals surface area contributed by atoms with E-state index < -0.39 is 6.10 Å². The number of likely N-dealkylation sites (tertiary alicyclic amines) is 1. The number of amides is 3. The summed E-state index contributed by atoms with van der Waals surface area (Å²) in [6.07, 6.45) is 2.05. The molecule has 3 amide bonds. The number of urea groups is 1. The van der Waals surface area contributed by atoms with E-state index in [1.54, 1.807) is 18.1 Å². The van der Waals surface area contributed by atoms with Crippen molar-refractivity contribution in [3.05, 3.63) is 42.1 Å². The quantitative estimate of drug-likeness (QED) is 0.742. The van der Waals surface area contributed by atoms with E-state index in [1.165, 1.54) is 0 Å². The number of hydrogen-bond acceptors (Lipinski definition) is 4. The zero-order valence-electron chi connectivity index (χ0n) is 14.8. The Hall–Kier alpha value is -2.67. The lowest BCUT2D eigenvalue weighted by molar-refractivity contribution is -0.122. The van der Waals surface area contributed by atoms with Crippen molar-refractivity contribution in [3.8, 4) is 0 Å². The second-order valence-corrected chi connectivity index (χ2v) is 6.62. The number of aliphatic hydroxyl groups is 1. The van der Waals surface area contributed by atoms with E-state index in [0.717, 1.165) is 16.5 Å². The van der Waals surface area contributed by atoms with Crippen LogP contribution in [0.15, 0.2) is 36.5 Å². The Morgan fingerprint density at radius 2 is 2.15 bits per heavy atom. The number of β-amino-alcohol motifs (C(OH)–C–C–N with tert-alkyl or cyclic N) is 1. The molecule has 138 valence electrons. The van der Waals surface area contributed by atoms with E-state index in [0.29, 0.717) is 19.5 Å². The first-order valence-electron chi connectivity index (χ1n) is 8.82. The standard InChI is InChI=1S/C19H24N4O3/c1-20-18(25)10-15-11-23(12-17(15)24)19(26)22-8-6-13-4-5-16-14(9-13)3-2-7-21-16/h2-5,7,9,15,17,24H,6,8,10-12H2,1H3,(H,20,25)(H,22,26)/t15-,17-/m1/s1. The minimum atomic E-state index is -0.661. The average molecular weight is 356 g/mol. The van der Waals surface area contributed by atoms with E-state index in [-0.39, 0.29) is 30.8 Å². The van der Waals surface area contributed by atoms with Crippen LogP contribution >= 0.6 is 0 Å². The van der Waals surface area contributed by atoms with Gasteiger partial charge in [0.15, 0.2) is 0 Å². The zero-order chi connectivity index (χ0) is 18.5. The third kappa shape index (κ3) is 4.29. The third-order valence-electron chi connectivity index (χ3n) is 4.78. The fourth-order valence-electron chi connectivity index (χ4n) is 3.27. The summed E-state index contributed by atoms with van der Waals surface area (Å²) in [6, 6.07) is 9.79. The van der Waals surface area contributed by atoms with Gasteiger partial charge in [-0.15, -0.1) is 0 Å². The largest absolute Gasteiger partial charge is 0.391 e.